The van der Waals surface area contributed by atoms with Crippen LogP contribution in [0.25, 0.3) is 16.9 Å². The van der Waals surface area contributed by atoms with Crippen molar-refractivity contribution >= 4 is 28.9 Å². The van der Waals surface area contributed by atoms with Crippen LogP contribution in [0, 0.1) is 11.8 Å². The molecule has 5 heterocycles. The predicted molar refractivity (Wildman–Crippen MR) is 157 cm³/mol. The van der Waals surface area contributed by atoms with E-state index >= 15 is 0 Å². The van der Waals surface area contributed by atoms with Crippen molar-refractivity contribution in [2.24, 2.45) is 0 Å². The van der Waals surface area contributed by atoms with E-state index in [0.29, 0.717) is 48.2 Å². The van der Waals surface area contributed by atoms with Crippen molar-refractivity contribution in [3.05, 3.63) is 78.6 Å². The number of fused-ring (bicyclic) bond motifs is 1. The van der Waals surface area contributed by atoms with Gasteiger partial charge in [0.15, 0.2) is 17.2 Å². The standard InChI is InChI=1S/C29H27N11O2/c1-19-18-38(23-16-21(35-36-28(23)30)20-6-2-3-7-24(20)41)14-15-39(19)26-9-12-31-25(34-26)8-4-10-33-29(42)22-17-27-32-11-5-13-40(27)37-22/h2-3,5-7,9,11-13,16-17,19,41H,10,14-15,18H2,1H3,(H2,30,36)(H,33,42)/t19-/m1/s1. The van der Waals surface area contributed by atoms with Gasteiger partial charge in [-0.15, -0.1) is 10.2 Å². The number of hydrogen-bond acceptors (Lipinski definition) is 11. The molecule has 0 saturated carbocycles. The first-order valence-electron chi connectivity index (χ1n) is 13.3. The van der Waals surface area contributed by atoms with Gasteiger partial charge in [0.05, 0.1) is 17.9 Å². The molecule has 4 N–H and O–H groups in total. The Morgan fingerprint density at radius 1 is 1.12 bits per heavy atom. The first-order valence-corrected chi connectivity index (χ1v) is 13.3. The molecule has 1 aliphatic heterocycles. The minimum Gasteiger partial charge on any atom is -0.507 e. The van der Waals surface area contributed by atoms with Crippen molar-refractivity contribution in [3.63, 3.8) is 0 Å². The number of amides is 1. The van der Waals surface area contributed by atoms with Gasteiger partial charge in [0.25, 0.3) is 5.91 Å². The lowest BCUT2D eigenvalue weighted by Crippen LogP contribution is -2.52. The Hall–Kier alpha value is -5.77. The fraction of sp³-hybridized carbons (Fsp3) is 0.207. The smallest absolute Gasteiger partial charge is 0.272 e. The van der Waals surface area contributed by atoms with Gasteiger partial charge in [-0.25, -0.2) is 19.5 Å². The Morgan fingerprint density at radius 3 is 2.83 bits per heavy atom. The van der Waals surface area contributed by atoms with Gasteiger partial charge in [0, 0.05) is 55.9 Å². The molecule has 4 aromatic heterocycles. The highest BCUT2D eigenvalue weighted by Gasteiger charge is 2.27. The van der Waals surface area contributed by atoms with Crippen LogP contribution in [-0.2, 0) is 0 Å². The number of hydrogen-bond donors (Lipinski definition) is 3. The van der Waals surface area contributed by atoms with Crippen LogP contribution in [0.15, 0.2) is 67.1 Å². The second-order valence-electron chi connectivity index (χ2n) is 9.68. The molecule has 0 spiro atoms. The highest BCUT2D eigenvalue weighted by atomic mass is 16.3. The number of carbonyl (C=O) groups excluding carboxylic acids is 1. The maximum atomic E-state index is 12.4. The predicted octanol–water partition coefficient (Wildman–Crippen LogP) is 1.76. The Balaban J connectivity index is 1.09. The van der Waals surface area contributed by atoms with Gasteiger partial charge in [-0.2, -0.15) is 5.10 Å². The molecular weight excluding hydrogens is 534 g/mol. The third-order valence-corrected chi connectivity index (χ3v) is 6.89. The minimum absolute atomic E-state index is 0.0924. The van der Waals surface area contributed by atoms with E-state index in [2.05, 4.69) is 64.1 Å². The van der Waals surface area contributed by atoms with Crippen molar-refractivity contribution in [2.45, 2.75) is 13.0 Å². The molecule has 0 bridgehead atoms. The number of piperazine rings is 1. The monoisotopic (exact) mass is 561 g/mol. The lowest BCUT2D eigenvalue weighted by atomic mass is 10.1. The summed E-state index contributed by atoms with van der Waals surface area (Å²) in [5, 5.41) is 25.5. The lowest BCUT2D eigenvalue weighted by molar-refractivity contribution is 0.0953. The zero-order valence-corrected chi connectivity index (χ0v) is 22.7. The van der Waals surface area contributed by atoms with Crippen LogP contribution in [0.3, 0.4) is 0 Å². The summed E-state index contributed by atoms with van der Waals surface area (Å²) in [6.45, 7) is 4.26. The molecular formula is C29H27N11O2. The first kappa shape index (κ1) is 26.5. The molecule has 13 heteroatoms. The van der Waals surface area contributed by atoms with Gasteiger partial charge >= 0.3 is 0 Å². The molecule has 13 nitrogen and oxygen atoms in total. The number of nitrogens with one attached hydrogen (secondary N) is 1. The highest BCUT2D eigenvalue weighted by Crippen LogP contribution is 2.32. The number of rotatable bonds is 5. The second kappa shape index (κ2) is 11.4. The van der Waals surface area contributed by atoms with Gasteiger partial charge in [-0.3, -0.25) is 4.79 Å². The zero-order chi connectivity index (χ0) is 29.1. The number of phenols is 1. The van der Waals surface area contributed by atoms with Crippen LogP contribution >= 0.6 is 0 Å². The Morgan fingerprint density at radius 2 is 2.00 bits per heavy atom. The number of nitrogens with two attached hydrogens (primary N) is 1. The molecule has 210 valence electrons. The Bertz CT molecular complexity index is 1790. The molecule has 1 amide bonds. The van der Waals surface area contributed by atoms with Crippen molar-refractivity contribution < 1.29 is 9.90 Å². The number of aromatic hydroxyl groups is 1. The molecule has 6 rings (SSSR count). The topological polar surface area (TPSA) is 164 Å². The van der Waals surface area contributed by atoms with E-state index in [0.717, 1.165) is 11.5 Å². The van der Waals surface area contributed by atoms with E-state index in [4.69, 9.17) is 5.73 Å². The molecule has 1 aliphatic rings. The summed E-state index contributed by atoms with van der Waals surface area (Å²) in [4.78, 5) is 29.9. The number of nitrogens with zero attached hydrogens (tertiary/aromatic N) is 9. The molecule has 1 fully saturated rings. The third kappa shape index (κ3) is 5.46. The molecule has 5 aromatic rings. The fourth-order valence-corrected chi connectivity index (χ4v) is 4.83. The minimum atomic E-state index is -0.339. The molecule has 1 saturated heterocycles. The molecule has 0 radical (unpaired) electrons. The number of phenolic OH excluding ortho intramolecular Hbond substituents is 1. The number of carbonyl (C=O) groups is 1. The maximum Gasteiger partial charge on any atom is 0.272 e. The maximum absolute atomic E-state index is 12.4. The SMILES string of the molecule is C[C@@H]1CN(c2cc(-c3ccccc3O)nnc2N)CCN1c1ccnc(C#CCNC(=O)c2cc3ncccn3n2)n1. The van der Waals surface area contributed by atoms with Crippen LogP contribution in [-0.4, -0.2) is 78.0 Å². The largest absolute Gasteiger partial charge is 0.507 e. The molecule has 0 unspecified atom stereocenters. The van der Waals surface area contributed by atoms with E-state index in [1.165, 1.54) is 4.52 Å². The van der Waals surface area contributed by atoms with Crippen molar-refractivity contribution in [1.29, 1.82) is 0 Å². The lowest BCUT2D eigenvalue weighted by Gasteiger charge is -2.41. The molecule has 1 aromatic carbocycles. The van der Waals surface area contributed by atoms with E-state index in [1.807, 2.05) is 18.2 Å². The van der Waals surface area contributed by atoms with Crippen molar-refractivity contribution in [2.75, 3.05) is 41.7 Å². The van der Waals surface area contributed by atoms with Crippen LogP contribution < -0.4 is 20.9 Å². The molecule has 42 heavy (non-hydrogen) atoms. The van der Waals surface area contributed by atoms with E-state index in [1.54, 1.807) is 48.9 Å². The number of para-hydroxylation sites is 1. The quantitative estimate of drug-likeness (QED) is 0.268. The van der Waals surface area contributed by atoms with E-state index < -0.39 is 0 Å². The Labute approximate surface area is 241 Å². The normalized spacial score (nSPS) is 14.8. The first-order chi connectivity index (χ1) is 20.5. The molecule has 0 aliphatic carbocycles. The van der Waals surface area contributed by atoms with Crippen LogP contribution in [0.1, 0.15) is 23.2 Å². The van der Waals surface area contributed by atoms with Gasteiger partial charge < -0.3 is 26.0 Å². The highest BCUT2D eigenvalue weighted by molar-refractivity contribution is 5.93. The van der Waals surface area contributed by atoms with Crippen LogP contribution in [0.5, 0.6) is 5.75 Å². The number of aromatic nitrogens is 7. The fourth-order valence-electron chi connectivity index (χ4n) is 4.83. The molecule has 1 atom stereocenters. The summed E-state index contributed by atoms with van der Waals surface area (Å²) in [6.07, 6.45) is 5.04. The van der Waals surface area contributed by atoms with Crippen molar-refractivity contribution in [1.82, 2.24) is 40.1 Å². The summed E-state index contributed by atoms with van der Waals surface area (Å²) in [5.41, 5.74) is 8.99. The summed E-state index contributed by atoms with van der Waals surface area (Å²) in [5.74, 6) is 7.09. The summed E-state index contributed by atoms with van der Waals surface area (Å²) in [6, 6.07) is 14.2. The van der Waals surface area contributed by atoms with Crippen LogP contribution in [0.4, 0.5) is 17.3 Å². The number of nitrogen functional groups attached to an aromatic ring is 1. The van der Waals surface area contributed by atoms with Gasteiger partial charge in [0.1, 0.15) is 11.6 Å². The van der Waals surface area contributed by atoms with Crippen LogP contribution in [0.2, 0.25) is 0 Å². The number of benzene rings is 1. The average molecular weight is 562 g/mol. The third-order valence-electron chi connectivity index (χ3n) is 6.89. The zero-order valence-electron chi connectivity index (χ0n) is 22.7. The van der Waals surface area contributed by atoms with Crippen molar-refractivity contribution in [3.8, 4) is 28.8 Å². The summed E-state index contributed by atoms with van der Waals surface area (Å²) < 4.78 is 1.54. The second-order valence-corrected chi connectivity index (χ2v) is 9.68. The number of anilines is 3. The van der Waals surface area contributed by atoms with E-state index in [-0.39, 0.29) is 29.9 Å². The van der Waals surface area contributed by atoms with Gasteiger partial charge in [-0.05, 0) is 43.2 Å². The Kier molecular flexibility index (Phi) is 7.17. The van der Waals surface area contributed by atoms with E-state index in [9.17, 15) is 9.90 Å². The summed E-state index contributed by atoms with van der Waals surface area (Å²) in [7, 11) is 0. The van der Waals surface area contributed by atoms with Gasteiger partial charge in [0.2, 0.25) is 5.82 Å². The average Bonchev–Trinajstić information content (AvgIpc) is 3.45. The van der Waals surface area contributed by atoms with Gasteiger partial charge in [-0.1, -0.05) is 18.1 Å². The summed E-state index contributed by atoms with van der Waals surface area (Å²) >= 11 is 0.